The Morgan fingerprint density at radius 2 is 1.59 bits per heavy atom. The minimum Gasteiger partial charge on any atom is -0.399 e. The normalized spacial score (nSPS) is 19.4. The van der Waals surface area contributed by atoms with E-state index in [0.717, 1.165) is 16.6 Å². The Balaban J connectivity index is 1.98. The van der Waals surface area contributed by atoms with E-state index >= 15 is 0 Å². The molecule has 2 aromatic heterocycles. The first-order valence-electron chi connectivity index (χ1n) is 7.16. The molecule has 3 rings (SSSR count). The second kappa shape index (κ2) is 5.03. The summed E-state index contributed by atoms with van der Waals surface area (Å²) in [6.45, 7) is 8.07. The zero-order valence-corrected chi connectivity index (χ0v) is 13.2. The zero-order valence-electron chi connectivity index (χ0n) is 13.2. The van der Waals surface area contributed by atoms with Crippen molar-refractivity contribution in [3.8, 4) is 11.1 Å². The van der Waals surface area contributed by atoms with Crippen molar-refractivity contribution in [2.45, 2.75) is 38.9 Å². The summed E-state index contributed by atoms with van der Waals surface area (Å²) in [7, 11) is -0.471. The number of nitrogens with zero attached hydrogens (tertiary/aromatic N) is 3. The molecule has 0 saturated carbocycles. The topological polar surface area (TPSA) is 83.2 Å². The molecule has 2 N–H and O–H groups in total. The van der Waals surface area contributed by atoms with Gasteiger partial charge in [0.2, 0.25) is 0 Å². The number of nitrogens with two attached hydrogens (primary N) is 1. The molecule has 0 radical (unpaired) electrons. The molecule has 0 bridgehead atoms. The van der Waals surface area contributed by atoms with E-state index < -0.39 is 18.3 Å². The highest BCUT2D eigenvalue weighted by Crippen LogP contribution is 2.36. The van der Waals surface area contributed by atoms with Gasteiger partial charge in [-0.1, -0.05) is 0 Å². The summed E-state index contributed by atoms with van der Waals surface area (Å²) >= 11 is 0. The van der Waals surface area contributed by atoms with E-state index in [0.29, 0.717) is 5.82 Å². The molecule has 3 heterocycles. The number of rotatable bonds is 2. The van der Waals surface area contributed by atoms with Crippen molar-refractivity contribution in [3.05, 3.63) is 31.0 Å². The largest absolute Gasteiger partial charge is 0.496 e. The SMILES string of the molecule is CC1(C)OB(c2cnc(N)c(-c3cncnc3)c2)OC1(C)C. The van der Waals surface area contributed by atoms with Gasteiger partial charge in [0.25, 0.3) is 0 Å². The number of hydrogen-bond acceptors (Lipinski definition) is 6. The number of hydrogen-bond donors (Lipinski definition) is 1. The molecule has 0 aromatic carbocycles. The average Bonchev–Trinajstić information content (AvgIpc) is 2.69. The molecule has 0 unspecified atom stereocenters. The van der Waals surface area contributed by atoms with Gasteiger partial charge in [0.15, 0.2) is 0 Å². The van der Waals surface area contributed by atoms with Crippen LogP contribution in [0.2, 0.25) is 0 Å². The molecule has 0 amide bonds. The first kappa shape index (κ1) is 14.9. The Morgan fingerprint density at radius 1 is 1.00 bits per heavy atom. The highest BCUT2D eigenvalue weighted by Gasteiger charge is 2.51. The van der Waals surface area contributed by atoms with E-state index in [-0.39, 0.29) is 0 Å². The van der Waals surface area contributed by atoms with Gasteiger partial charge < -0.3 is 15.0 Å². The van der Waals surface area contributed by atoms with Crippen LogP contribution in [0, 0.1) is 0 Å². The van der Waals surface area contributed by atoms with Crippen molar-refractivity contribution in [2.24, 2.45) is 0 Å². The molecule has 0 aliphatic carbocycles. The lowest BCUT2D eigenvalue weighted by Crippen LogP contribution is -2.41. The molecule has 1 aliphatic rings. The standard InChI is InChI=1S/C15H19BN4O2/c1-14(2)15(3,4)22-16(21-14)11-5-12(13(17)20-8-11)10-6-18-9-19-7-10/h5-9H,1-4H3,(H2,17,20). The molecule has 1 fully saturated rings. The van der Waals surface area contributed by atoms with Crippen LogP contribution in [0.4, 0.5) is 5.82 Å². The number of pyridine rings is 1. The smallest absolute Gasteiger partial charge is 0.399 e. The Labute approximate surface area is 130 Å². The van der Waals surface area contributed by atoms with Gasteiger partial charge in [0.1, 0.15) is 12.1 Å². The summed E-state index contributed by atoms with van der Waals surface area (Å²) in [6.07, 6.45) is 6.57. The van der Waals surface area contributed by atoms with Crippen LogP contribution in [0.25, 0.3) is 11.1 Å². The molecular formula is C15H19BN4O2. The second-order valence-corrected chi connectivity index (χ2v) is 6.42. The van der Waals surface area contributed by atoms with Crippen LogP contribution in [-0.4, -0.2) is 33.3 Å². The summed E-state index contributed by atoms with van der Waals surface area (Å²) in [6, 6.07) is 1.92. The predicted molar refractivity (Wildman–Crippen MR) is 85.4 cm³/mol. The van der Waals surface area contributed by atoms with Crippen LogP contribution in [0.5, 0.6) is 0 Å². The zero-order chi connectivity index (χ0) is 16.0. The first-order chi connectivity index (χ1) is 10.3. The first-order valence-corrected chi connectivity index (χ1v) is 7.16. The lowest BCUT2D eigenvalue weighted by atomic mass is 9.79. The van der Waals surface area contributed by atoms with Crippen molar-refractivity contribution in [1.82, 2.24) is 15.0 Å². The summed E-state index contributed by atoms with van der Waals surface area (Å²) in [5, 5.41) is 0. The molecule has 2 aromatic rings. The average molecular weight is 298 g/mol. The third-order valence-corrected chi connectivity index (χ3v) is 4.34. The van der Waals surface area contributed by atoms with E-state index in [1.54, 1.807) is 18.6 Å². The third kappa shape index (κ3) is 2.46. The molecule has 0 atom stereocenters. The van der Waals surface area contributed by atoms with Crippen LogP contribution in [-0.2, 0) is 9.31 Å². The number of anilines is 1. The molecule has 114 valence electrons. The van der Waals surface area contributed by atoms with Gasteiger partial charge >= 0.3 is 7.12 Å². The van der Waals surface area contributed by atoms with Gasteiger partial charge in [-0.2, -0.15) is 0 Å². The fourth-order valence-electron chi connectivity index (χ4n) is 2.27. The van der Waals surface area contributed by atoms with Crippen LogP contribution in [0.15, 0.2) is 31.0 Å². The molecule has 7 heteroatoms. The Morgan fingerprint density at radius 3 is 2.18 bits per heavy atom. The van der Waals surface area contributed by atoms with Crippen LogP contribution in [0.3, 0.4) is 0 Å². The molecular weight excluding hydrogens is 279 g/mol. The van der Waals surface area contributed by atoms with Crippen molar-refractivity contribution in [3.63, 3.8) is 0 Å². The van der Waals surface area contributed by atoms with E-state index in [1.807, 2.05) is 33.8 Å². The van der Waals surface area contributed by atoms with Gasteiger partial charge in [0.05, 0.1) is 11.2 Å². The van der Waals surface area contributed by atoms with Crippen LogP contribution < -0.4 is 11.2 Å². The number of nitrogen functional groups attached to an aromatic ring is 1. The van der Waals surface area contributed by atoms with Crippen molar-refractivity contribution >= 4 is 18.4 Å². The highest BCUT2D eigenvalue weighted by atomic mass is 16.7. The van der Waals surface area contributed by atoms with E-state index in [2.05, 4.69) is 15.0 Å². The minimum atomic E-state index is -0.471. The maximum Gasteiger partial charge on any atom is 0.496 e. The molecule has 1 saturated heterocycles. The molecule has 1 aliphatic heterocycles. The third-order valence-electron chi connectivity index (χ3n) is 4.34. The van der Waals surface area contributed by atoms with Gasteiger partial charge in [-0.05, 0) is 33.8 Å². The van der Waals surface area contributed by atoms with E-state index in [1.165, 1.54) is 6.33 Å². The van der Waals surface area contributed by atoms with Gasteiger partial charge in [-0.3, -0.25) is 0 Å². The lowest BCUT2D eigenvalue weighted by Gasteiger charge is -2.32. The maximum absolute atomic E-state index is 6.05. The Hall–Kier alpha value is -1.99. The highest BCUT2D eigenvalue weighted by molar-refractivity contribution is 6.62. The molecule has 6 nitrogen and oxygen atoms in total. The lowest BCUT2D eigenvalue weighted by molar-refractivity contribution is 0.00578. The van der Waals surface area contributed by atoms with Gasteiger partial charge in [0, 0.05) is 35.2 Å². The van der Waals surface area contributed by atoms with Crippen molar-refractivity contribution in [1.29, 1.82) is 0 Å². The fraction of sp³-hybridized carbons (Fsp3) is 0.400. The van der Waals surface area contributed by atoms with Gasteiger partial charge in [-0.25, -0.2) is 15.0 Å². The Kier molecular flexibility index (Phi) is 3.42. The van der Waals surface area contributed by atoms with Gasteiger partial charge in [-0.15, -0.1) is 0 Å². The summed E-state index contributed by atoms with van der Waals surface area (Å²) in [5.41, 5.74) is 7.60. The van der Waals surface area contributed by atoms with Crippen LogP contribution >= 0.6 is 0 Å². The van der Waals surface area contributed by atoms with Crippen LogP contribution in [0.1, 0.15) is 27.7 Å². The Bertz CT molecular complexity index is 675. The summed E-state index contributed by atoms with van der Waals surface area (Å²) in [4.78, 5) is 12.3. The predicted octanol–water partition coefficient (Wildman–Crippen LogP) is 1.42. The molecule has 0 spiro atoms. The quantitative estimate of drug-likeness (QED) is 0.844. The fourth-order valence-corrected chi connectivity index (χ4v) is 2.27. The minimum absolute atomic E-state index is 0.394. The van der Waals surface area contributed by atoms with E-state index in [4.69, 9.17) is 15.0 Å². The molecule has 22 heavy (non-hydrogen) atoms. The summed E-state index contributed by atoms with van der Waals surface area (Å²) < 4.78 is 12.1. The number of aromatic nitrogens is 3. The second-order valence-electron chi connectivity index (χ2n) is 6.42. The van der Waals surface area contributed by atoms with Crippen molar-refractivity contribution < 1.29 is 9.31 Å². The van der Waals surface area contributed by atoms with Crippen molar-refractivity contribution in [2.75, 3.05) is 5.73 Å². The summed E-state index contributed by atoms with van der Waals surface area (Å²) in [5.74, 6) is 0.426. The monoisotopic (exact) mass is 298 g/mol. The van der Waals surface area contributed by atoms with E-state index in [9.17, 15) is 0 Å². The maximum atomic E-state index is 6.05.